The maximum Gasteiger partial charge on any atom is 0.238 e. The third-order valence-electron chi connectivity index (χ3n) is 3.49. The Bertz CT molecular complexity index is 687. The number of rotatable bonds is 3. The number of carbonyl (C=O) groups is 1. The molecule has 1 heterocycles. The molecule has 0 atom stereocenters. The highest BCUT2D eigenvalue weighted by Crippen LogP contribution is 2.24. The largest absolute Gasteiger partial charge is 0.399 e. The van der Waals surface area contributed by atoms with Crippen LogP contribution in [0.5, 0.6) is 0 Å². The van der Waals surface area contributed by atoms with E-state index < -0.39 is 0 Å². The number of anilines is 2. The van der Waals surface area contributed by atoms with Gasteiger partial charge in [-0.15, -0.1) is 0 Å². The lowest BCUT2D eigenvalue weighted by molar-refractivity contribution is -0.117. The van der Waals surface area contributed by atoms with E-state index >= 15 is 0 Å². The first-order valence-corrected chi connectivity index (χ1v) is 7.54. The SMILES string of the molecule is Nc1ccc2c(c1)CN(CC(=O)Nc1cccc(Br)c1)C2. The number of halogens is 1. The topological polar surface area (TPSA) is 58.4 Å². The van der Waals surface area contributed by atoms with E-state index in [1.807, 2.05) is 42.5 Å². The van der Waals surface area contributed by atoms with Crippen molar-refractivity contribution in [3.8, 4) is 0 Å². The highest BCUT2D eigenvalue weighted by atomic mass is 79.9. The minimum absolute atomic E-state index is 0.00567. The molecule has 0 saturated heterocycles. The van der Waals surface area contributed by atoms with Gasteiger partial charge in [-0.05, 0) is 41.5 Å². The molecule has 5 heteroatoms. The van der Waals surface area contributed by atoms with Crippen molar-refractivity contribution in [2.24, 2.45) is 0 Å². The van der Waals surface area contributed by atoms with Crippen LogP contribution in [-0.2, 0) is 17.9 Å². The van der Waals surface area contributed by atoms with Crippen LogP contribution in [0, 0.1) is 0 Å². The summed E-state index contributed by atoms with van der Waals surface area (Å²) in [7, 11) is 0. The number of carbonyl (C=O) groups excluding carboxylic acids is 1. The summed E-state index contributed by atoms with van der Waals surface area (Å²) >= 11 is 3.39. The number of nitrogens with two attached hydrogens (primary N) is 1. The summed E-state index contributed by atoms with van der Waals surface area (Å²) in [6, 6.07) is 13.5. The van der Waals surface area contributed by atoms with Crippen LogP contribution in [0.3, 0.4) is 0 Å². The Morgan fingerprint density at radius 2 is 2.00 bits per heavy atom. The van der Waals surface area contributed by atoms with Gasteiger partial charge in [-0.1, -0.05) is 28.1 Å². The molecule has 0 bridgehead atoms. The Hall–Kier alpha value is -1.85. The molecule has 4 nitrogen and oxygen atoms in total. The molecule has 3 rings (SSSR count). The van der Waals surface area contributed by atoms with Crippen LogP contribution < -0.4 is 11.1 Å². The second kappa shape index (κ2) is 5.87. The van der Waals surface area contributed by atoms with E-state index in [1.165, 1.54) is 11.1 Å². The van der Waals surface area contributed by atoms with Crippen LogP contribution in [0.25, 0.3) is 0 Å². The van der Waals surface area contributed by atoms with Crippen molar-refractivity contribution < 1.29 is 4.79 Å². The molecule has 0 radical (unpaired) electrons. The Morgan fingerprint density at radius 3 is 2.81 bits per heavy atom. The number of nitrogen functional groups attached to an aromatic ring is 1. The van der Waals surface area contributed by atoms with Crippen molar-refractivity contribution in [2.45, 2.75) is 13.1 Å². The number of nitrogens with one attached hydrogen (secondary N) is 1. The summed E-state index contributed by atoms with van der Waals surface area (Å²) in [5.41, 5.74) is 9.83. The van der Waals surface area contributed by atoms with Crippen LogP contribution in [-0.4, -0.2) is 17.4 Å². The second-order valence-corrected chi connectivity index (χ2v) is 6.15. The molecule has 0 unspecified atom stereocenters. The highest BCUT2D eigenvalue weighted by molar-refractivity contribution is 9.10. The molecule has 2 aromatic carbocycles. The van der Waals surface area contributed by atoms with Crippen molar-refractivity contribution in [3.05, 3.63) is 58.1 Å². The third-order valence-corrected chi connectivity index (χ3v) is 3.99. The summed E-state index contributed by atoms with van der Waals surface area (Å²) in [4.78, 5) is 14.2. The third kappa shape index (κ3) is 3.43. The maximum absolute atomic E-state index is 12.1. The van der Waals surface area contributed by atoms with Crippen molar-refractivity contribution >= 4 is 33.2 Å². The number of amides is 1. The average molecular weight is 346 g/mol. The molecule has 1 aliphatic heterocycles. The summed E-state index contributed by atoms with van der Waals surface area (Å²) in [6.45, 7) is 1.94. The summed E-state index contributed by atoms with van der Waals surface area (Å²) in [5.74, 6) is -0.00567. The first-order valence-electron chi connectivity index (χ1n) is 6.75. The molecule has 21 heavy (non-hydrogen) atoms. The fraction of sp³-hybridized carbons (Fsp3) is 0.188. The van der Waals surface area contributed by atoms with E-state index in [2.05, 4.69) is 26.1 Å². The average Bonchev–Trinajstić information content (AvgIpc) is 2.79. The molecule has 3 N–H and O–H groups in total. The van der Waals surface area contributed by atoms with Gasteiger partial charge in [0.2, 0.25) is 5.91 Å². The van der Waals surface area contributed by atoms with Gasteiger partial charge >= 0.3 is 0 Å². The zero-order valence-corrected chi connectivity index (χ0v) is 13.1. The van der Waals surface area contributed by atoms with Gasteiger partial charge in [0.25, 0.3) is 0 Å². The lowest BCUT2D eigenvalue weighted by Gasteiger charge is -2.14. The number of hydrogen-bond donors (Lipinski definition) is 2. The minimum Gasteiger partial charge on any atom is -0.399 e. The zero-order valence-electron chi connectivity index (χ0n) is 11.5. The molecular formula is C16H16BrN3O. The first kappa shape index (κ1) is 14.1. The Morgan fingerprint density at radius 1 is 1.19 bits per heavy atom. The van der Waals surface area contributed by atoms with Gasteiger partial charge in [0, 0.05) is 28.9 Å². The smallest absolute Gasteiger partial charge is 0.238 e. The van der Waals surface area contributed by atoms with Gasteiger partial charge in [-0.3, -0.25) is 9.69 Å². The molecule has 0 fully saturated rings. The summed E-state index contributed by atoms with van der Waals surface area (Å²) in [5, 5.41) is 2.91. The Kier molecular flexibility index (Phi) is 3.94. The van der Waals surface area contributed by atoms with Crippen molar-refractivity contribution in [1.82, 2.24) is 4.90 Å². The molecule has 1 amide bonds. The van der Waals surface area contributed by atoms with E-state index in [1.54, 1.807) is 0 Å². The lowest BCUT2D eigenvalue weighted by atomic mass is 10.1. The summed E-state index contributed by atoms with van der Waals surface area (Å²) < 4.78 is 0.948. The van der Waals surface area contributed by atoms with Crippen molar-refractivity contribution in [1.29, 1.82) is 0 Å². The zero-order chi connectivity index (χ0) is 14.8. The molecule has 2 aromatic rings. The standard InChI is InChI=1S/C16H16BrN3O/c17-13-2-1-3-15(7-13)19-16(21)10-20-8-11-4-5-14(18)6-12(11)9-20/h1-7H,8-10,18H2,(H,19,21). The Labute approximate surface area is 132 Å². The van der Waals surface area contributed by atoms with E-state index in [9.17, 15) is 4.79 Å². The van der Waals surface area contributed by atoms with Crippen LogP contribution in [0.4, 0.5) is 11.4 Å². The quantitative estimate of drug-likeness (QED) is 0.840. The highest BCUT2D eigenvalue weighted by Gasteiger charge is 2.20. The predicted molar refractivity (Wildman–Crippen MR) is 87.7 cm³/mol. The van der Waals surface area contributed by atoms with E-state index in [0.29, 0.717) is 6.54 Å². The van der Waals surface area contributed by atoms with Gasteiger partial charge in [-0.2, -0.15) is 0 Å². The van der Waals surface area contributed by atoms with Crippen molar-refractivity contribution in [3.63, 3.8) is 0 Å². The van der Waals surface area contributed by atoms with Gasteiger partial charge in [-0.25, -0.2) is 0 Å². The number of benzene rings is 2. The number of hydrogen-bond acceptors (Lipinski definition) is 3. The first-order chi connectivity index (χ1) is 10.1. The van der Waals surface area contributed by atoms with Crippen LogP contribution >= 0.6 is 15.9 Å². The maximum atomic E-state index is 12.1. The number of nitrogens with zero attached hydrogens (tertiary/aromatic N) is 1. The lowest BCUT2D eigenvalue weighted by Crippen LogP contribution is -2.29. The second-order valence-electron chi connectivity index (χ2n) is 5.23. The van der Waals surface area contributed by atoms with Gasteiger partial charge < -0.3 is 11.1 Å². The number of fused-ring (bicyclic) bond motifs is 1. The molecule has 1 aliphatic rings. The Balaban J connectivity index is 1.60. The molecule has 0 saturated carbocycles. The van der Waals surface area contributed by atoms with E-state index in [-0.39, 0.29) is 5.91 Å². The van der Waals surface area contributed by atoms with E-state index in [0.717, 1.165) is 28.9 Å². The minimum atomic E-state index is -0.00567. The fourth-order valence-electron chi connectivity index (χ4n) is 2.57. The monoisotopic (exact) mass is 345 g/mol. The summed E-state index contributed by atoms with van der Waals surface area (Å²) in [6.07, 6.45) is 0. The van der Waals surface area contributed by atoms with Crippen LogP contribution in [0.2, 0.25) is 0 Å². The van der Waals surface area contributed by atoms with Gasteiger partial charge in [0.15, 0.2) is 0 Å². The molecule has 0 aliphatic carbocycles. The van der Waals surface area contributed by atoms with Crippen LogP contribution in [0.1, 0.15) is 11.1 Å². The fourth-order valence-corrected chi connectivity index (χ4v) is 2.97. The van der Waals surface area contributed by atoms with Gasteiger partial charge in [0.05, 0.1) is 6.54 Å². The van der Waals surface area contributed by atoms with E-state index in [4.69, 9.17) is 5.73 Å². The van der Waals surface area contributed by atoms with Crippen molar-refractivity contribution in [2.75, 3.05) is 17.6 Å². The molecule has 0 spiro atoms. The predicted octanol–water partition coefficient (Wildman–Crippen LogP) is 2.99. The normalized spacial score (nSPS) is 14.0. The molecule has 0 aromatic heterocycles. The molecule has 108 valence electrons. The van der Waals surface area contributed by atoms with Gasteiger partial charge in [0.1, 0.15) is 0 Å². The molecular weight excluding hydrogens is 330 g/mol. The van der Waals surface area contributed by atoms with Crippen LogP contribution in [0.15, 0.2) is 46.9 Å².